The molecule has 0 spiro atoms. The van der Waals surface area contributed by atoms with E-state index >= 15 is 0 Å². The Morgan fingerprint density at radius 2 is 1.26 bits per heavy atom. The van der Waals surface area contributed by atoms with Crippen molar-refractivity contribution in [3.8, 4) is 0 Å². The van der Waals surface area contributed by atoms with Gasteiger partial charge in [-0.1, -0.05) is 41.5 Å². The maximum absolute atomic E-state index is 13.7. The third-order valence-corrected chi connectivity index (χ3v) is 11.0. The van der Waals surface area contributed by atoms with Gasteiger partial charge in [0.05, 0.1) is 6.10 Å². The molecule has 0 aliphatic carbocycles. The van der Waals surface area contributed by atoms with E-state index in [1.54, 1.807) is 6.92 Å². The molecule has 0 radical (unpaired) electrons. The highest BCUT2D eigenvalue weighted by molar-refractivity contribution is 9.25. The summed E-state index contributed by atoms with van der Waals surface area (Å²) in [5, 5.41) is 9.99. The second-order valence-electron chi connectivity index (χ2n) is 6.13. The van der Waals surface area contributed by atoms with Gasteiger partial charge in [0.15, 0.2) is 0 Å². The Hall–Kier alpha value is 1.03. The second kappa shape index (κ2) is 7.34. The van der Waals surface area contributed by atoms with Gasteiger partial charge in [0.2, 0.25) is 11.8 Å². The highest BCUT2D eigenvalue weighted by Gasteiger charge is 2.48. The zero-order chi connectivity index (χ0) is 15.6. The number of aliphatic hydroxyl groups excluding tert-OH is 1. The van der Waals surface area contributed by atoms with E-state index in [4.69, 9.17) is 4.43 Å². The summed E-state index contributed by atoms with van der Waals surface area (Å²) in [7, 11) is -2.10. The first-order valence-electron chi connectivity index (χ1n) is 6.79. The number of rotatable bonds is 7. The average Bonchev–Trinajstić information content (AvgIpc) is 2.21. The van der Waals surface area contributed by atoms with Crippen molar-refractivity contribution < 1.29 is 13.9 Å². The summed E-state index contributed by atoms with van der Waals surface area (Å²) in [6, 6.07) is 0. The number of alkyl halides is 3. The standard InChI is InChI=1S/C13H27Br2FO2Si/c1-8(2)19(9(3)4,10(5)6)18-11(7)12(17)13(14,15)16/h8-12,17H,1-7H3/t11-,12-/m0/s1. The Morgan fingerprint density at radius 1 is 0.947 bits per heavy atom. The summed E-state index contributed by atoms with van der Waals surface area (Å²) >= 11 is 5.60. The molecule has 0 saturated carbocycles. The monoisotopic (exact) mass is 420 g/mol. The summed E-state index contributed by atoms with van der Waals surface area (Å²) in [6.07, 6.45) is -1.82. The van der Waals surface area contributed by atoms with Gasteiger partial charge < -0.3 is 9.53 Å². The average molecular weight is 422 g/mol. The van der Waals surface area contributed by atoms with Crippen LogP contribution in [0.2, 0.25) is 16.6 Å². The highest BCUT2D eigenvalue weighted by atomic mass is 79.9. The summed E-state index contributed by atoms with van der Waals surface area (Å²) in [6.45, 7) is 14.7. The molecule has 0 saturated heterocycles. The van der Waals surface area contributed by atoms with Gasteiger partial charge in [-0.3, -0.25) is 0 Å². The maximum Gasteiger partial charge on any atom is 0.246 e. The predicted molar refractivity (Wildman–Crippen MR) is 89.3 cm³/mol. The zero-order valence-corrected chi connectivity index (χ0v) is 17.0. The van der Waals surface area contributed by atoms with Crippen molar-refractivity contribution in [2.24, 2.45) is 0 Å². The van der Waals surface area contributed by atoms with Crippen molar-refractivity contribution in [2.75, 3.05) is 0 Å². The van der Waals surface area contributed by atoms with Crippen LogP contribution in [0.4, 0.5) is 4.39 Å². The fourth-order valence-electron chi connectivity index (χ4n) is 3.06. The van der Waals surface area contributed by atoms with Gasteiger partial charge in [-0.05, 0) is 55.4 Å². The van der Waals surface area contributed by atoms with Crippen molar-refractivity contribution in [1.82, 2.24) is 0 Å². The number of hydrogen-bond acceptors (Lipinski definition) is 2. The maximum atomic E-state index is 13.7. The van der Waals surface area contributed by atoms with E-state index in [9.17, 15) is 9.50 Å². The molecule has 0 heterocycles. The lowest BCUT2D eigenvalue weighted by Gasteiger charge is -2.45. The van der Waals surface area contributed by atoms with Crippen molar-refractivity contribution in [1.29, 1.82) is 0 Å². The smallest absolute Gasteiger partial charge is 0.246 e. The van der Waals surface area contributed by atoms with Crippen molar-refractivity contribution >= 4 is 40.2 Å². The zero-order valence-electron chi connectivity index (χ0n) is 12.9. The van der Waals surface area contributed by atoms with Gasteiger partial charge in [-0.25, -0.2) is 4.39 Å². The number of aliphatic hydroxyl groups is 1. The third-order valence-electron chi connectivity index (χ3n) is 3.88. The minimum atomic E-state index is -2.10. The van der Waals surface area contributed by atoms with E-state index in [0.29, 0.717) is 16.6 Å². The first-order chi connectivity index (χ1) is 8.37. The molecular weight excluding hydrogens is 395 g/mol. The highest BCUT2D eigenvalue weighted by Crippen LogP contribution is 2.44. The SMILES string of the molecule is CC(C)[Si](O[C@@H](C)[C@H](O)C(F)(Br)Br)(C(C)C)C(C)C. The molecule has 0 aromatic rings. The van der Waals surface area contributed by atoms with Crippen LogP contribution in [0.25, 0.3) is 0 Å². The van der Waals surface area contributed by atoms with Gasteiger partial charge in [0, 0.05) is 0 Å². The van der Waals surface area contributed by atoms with Gasteiger partial charge in [0.1, 0.15) is 6.10 Å². The van der Waals surface area contributed by atoms with E-state index in [1.165, 1.54) is 0 Å². The Bertz CT molecular complexity index is 259. The molecule has 0 amide bonds. The lowest BCUT2D eigenvalue weighted by molar-refractivity contribution is 0.00515. The molecular formula is C13H27Br2FO2Si. The molecule has 2 atom stereocenters. The molecule has 0 aromatic heterocycles. The van der Waals surface area contributed by atoms with Gasteiger partial charge in [-0.15, -0.1) is 0 Å². The van der Waals surface area contributed by atoms with E-state index in [1.807, 2.05) is 0 Å². The van der Waals surface area contributed by atoms with Gasteiger partial charge in [-0.2, -0.15) is 0 Å². The summed E-state index contributed by atoms with van der Waals surface area (Å²) < 4.78 is 18.0. The Balaban J connectivity index is 5.24. The minimum Gasteiger partial charge on any atom is -0.411 e. The molecule has 19 heavy (non-hydrogen) atoms. The first-order valence-corrected chi connectivity index (χ1v) is 10.5. The quantitative estimate of drug-likeness (QED) is 0.443. The van der Waals surface area contributed by atoms with E-state index in [0.717, 1.165) is 0 Å². The third kappa shape index (κ3) is 4.76. The largest absolute Gasteiger partial charge is 0.411 e. The summed E-state index contributed by atoms with van der Waals surface area (Å²) in [5.41, 5.74) is 1.21. The van der Waals surface area contributed by atoms with E-state index in [-0.39, 0.29) is 0 Å². The summed E-state index contributed by atoms with van der Waals surface area (Å²) in [4.78, 5) is 0. The van der Waals surface area contributed by atoms with E-state index in [2.05, 4.69) is 73.4 Å². The molecule has 0 fully saturated rings. The Kier molecular flexibility index (Phi) is 7.74. The fraction of sp³-hybridized carbons (Fsp3) is 1.00. The Labute approximate surface area is 134 Å². The van der Waals surface area contributed by atoms with Crippen molar-refractivity contribution in [3.05, 3.63) is 0 Å². The fourth-order valence-corrected chi connectivity index (χ4v) is 9.39. The van der Waals surface area contributed by atoms with Crippen LogP contribution in [0.5, 0.6) is 0 Å². The first kappa shape index (κ1) is 20.0. The van der Waals surface area contributed by atoms with Crippen LogP contribution >= 0.6 is 31.9 Å². The van der Waals surface area contributed by atoms with Crippen molar-refractivity contribution in [3.63, 3.8) is 0 Å². The van der Waals surface area contributed by atoms with Gasteiger partial charge >= 0.3 is 0 Å². The lowest BCUT2D eigenvalue weighted by atomic mass is 10.2. The van der Waals surface area contributed by atoms with Crippen LogP contribution in [-0.4, -0.2) is 29.1 Å². The molecule has 2 nitrogen and oxygen atoms in total. The predicted octanol–water partition coefficient (Wildman–Crippen LogP) is 5.34. The molecule has 0 unspecified atom stereocenters. The van der Waals surface area contributed by atoms with E-state index < -0.39 is 24.0 Å². The van der Waals surface area contributed by atoms with Crippen LogP contribution in [0.1, 0.15) is 48.5 Å². The van der Waals surface area contributed by atoms with Crippen molar-refractivity contribution in [2.45, 2.75) is 80.8 Å². The summed E-state index contributed by atoms with van der Waals surface area (Å²) in [5.74, 6) is 0. The van der Waals surface area contributed by atoms with Crippen LogP contribution in [-0.2, 0) is 4.43 Å². The number of halogens is 3. The molecule has 0 rings (SSSR count). The van der Waals surface area contributed by atoms with Crippen LogP contribution < -0.4 is 0 Å². The molecule has 0 aliphatic rings. The Morgan fingerprint density at radius 3 is 1.47 bits per heavy atom. The molecule has 116 valence electrons. The molecule has 1 N–H and O–H groups in total. The normalized spacial score (nSPS) is 17.4. The molecule has 0 bridgehead atoms. The van der Waals surface area contributed by atoms with Gasteiger partial charge in [0.25, 0.3) is 0 Å². The molecule has 0 aromatic carbocycles. The molecule has 6 heteroatoms. The lowest BCUT2D eigenvalue weighted by Crippen LogP contribution is -2.53. The van der Waals surface area contributed by atoms with Crippen LogP contribution in [0, 0.1) is 0 Å². The van der Waals surface area contributed by atoms with Crippen LogP contribution in [0.3, 0.4) is 0 Å². The van der Waals surface area contributed by atoms with Crippen LogP contribution in [0.15, 0.2) is 0 Å². The number of hydrogen-bond donors (Lipinski definition) is 1. The molecule has 0 aliphatic heterocycles. The second-order valence-corrected chi connectivity index (χ2v) is 14.9. The topological polar surface area (TPSA) is 29.5 Å². The minimum absolute atomic E-state index is 0.404.